The Kier molecular flexibility index (Phi) is 26.1. The molecule has 18 heteroatoms. The van der Waals surface area contributed by atoms with E-state index in [0.717, 1.165) is 36.1 Å². The van der Waals surface area contributed by atoms with Gasteiger partial charge in [-0.2, -0.15) is 0 Å². The molecule has 0 aromatic heterocycles. The molecule has 0 bridgehead atoms. The minimum Gasteiger partial charge on any atom is -0.497 e. The molecular weight excluding hydrogens is 842 g/mol. The first kappa shape index (κ1) is 56.2. The molecule has 0 radical (unpaired) electrons. The summed E-state index contributed by atoms with van der Waals surface area (Å²) >= 11 is 0. The second-order valence-corrected chi connectivity index (χ2v) is 20.3. The fraction of sp³-hybridized carbons (Fsp3) is 0.727. The van der Waals surface area contributed by atoms with Crippen molar-refractivity contribution in [3.05, 3.63) is 59.7 Å². The van der Waals surface area contributed by atoms with E-state index in [2.05, 4.69) is 10.2 Å². The van der Waals surface area contributed by atoms with Crippen molar-refractivity contribution in [3.8, 4) is 11.5 Å². The number of methoxy groups -OCH3 is 4. The number of rotatable bonds is 29. The lowest BCUT2D eigenvalue weighted by atomic mass is 10.1. The van der Waals surface area contributed by atoms with Crippen LogP contribution in [0.1, 0.15) is 112 Å². The zero-order chi connectivity index (χ0) is 46.2. The van der Waals surface area contributed by atoms with E-state index >= 15 is 0 Å². The van der Waals surface area contributed by atoms with Crippen LogP contribution in [0, 0.1) is 5.92 Å². The minimum absolute atomic E-state index is 0.0463. The minimum atomic E-state index is -3.50. The second kappa shape index (κ2) is 28.8. The molecule has 1 heterocycles. The van der Waals surface area contributed by atoms with Gasteiger partial charge in [-0.05, 0) is 105 Å². The van der Waals surface area contributed by atoms with Crippen LogP contribution >= 0.6 is 15.5 Å². The second-order valence-electron chi connectivity index (χ2n) is 16.9. The van der Waals surface area contributed by atoms with Gasteiger partial charge in [-0.1, -0.05) is 31.2 Å². The number of hydrogen-bond acceptors (Lipinski definition) is 14. The Morgan fingerprint density at radius 1 is 0.774 bits per heavy atom. The van der Waals surface area contributed by atoms with Crippen LogP contribution in [0.15, 0.2) is 48.5 Å². The predicted octanol–water partition coefficient (Wildman–Crippen LogP) is 9.79. The highest BCUT2D eigenvalue weighted by atomic mass is 31.2. The van der Waals surface area contributed by atoms with Gasteiger partial charge >= 0.3 is 15.5 Å². The summed E-state index contributed by atoms with van der Waals surface area (Å²) in [5, 5.41) is 5.90. The SMILES string of the molecule is CCOCC(C)COP(=O)(NCCOc1ccc(C(OC)OC)cc1)OC(C)(C)C.COCCC(C)OP(=O)(NCCCCC1COC(c2ccc(OC)cc2)O1)OC(C)(C)C. The maximum atomic E-state index is 13.2. The molecule has 6 atom stereocenters. The molecule has 16 nitrogen and oxygen atoms in total. The summed E-state index contributed by atoms with van der Waals surface area (Å²) in [4.78, 5) is 0. The summed E-state index contributed by atoms with van der Waals surface area (Å²) in [6.07, 6.45) is 2.29. The smallest absolute Gasteiger partial charge is 0.406 e. The highest BCUT2D eigenvalue weighted by molar-refractivity contribution is 7.52. The molecule has 0 amide bonds. The number of benzene rings is 2. The van der Waals surface area contributed by atoms with Gasteiger partial charge in [0.1, 0.15) is 18.1 Å². The van der Waals surface area contributed by atoms with Crippen molar-refractivity contribution < 1.29 is 65.1 Å². The van der Waals surface area contributed by atoms with Crippen molar-refractivity contribution in [3.63, 3.8) is 0 Å². The molecule has 1 aliphatic heterocycles. The van der Waals surface area contributed by atoms with E-state index in [1.165, 1.54) is 0 Å². The van der Waals surface area contributed by atoms with Crippen LogP contribution < -0.4 is 19.6 Å². The standard InChI is InChI=1S/C23H40NO7P.C21H38NO7P/c1-18(14-16-26-5)30-32(25,31-23(2,3)4)24-15-8-7-9-21-17-28-22(29-21)19-10-12-20(27-6)13-11-19;1-8-26-15-17(2)16-28-30(23,29-21(3,4)5)22-13-14-27-19-11-9-18(10-12-19)20(24-6)25-7/h10-13,18,21-22H,7-9,14-17H2,1-6H3,(H,24,25);9-12,17,20H,8,13-16H2,1-7H3,(H,22,23). The van der Waals surface area contributed by atoms with Gasteiger partial charge in [0.2, 0.25) is 0 Å². The molecule has 2 aromatic carbocycles. The van der Waals surface area contributed by atoms with Crippen LogP contribution in [0.2, 0.25) is 0 Å². The third kappa shape index (κ3) is 23.8. The number of nitrogens with one attached hydrogen (secondary N) is 2. The van der Waals surface area contributed by atoms with E-state index in [0.29, 0.717) is 58.3 Å². The fourth-order valence-corrected chi connectivity index (χ4v) is 9.43. The van der Waals surface area contributed by atoms with Gasteiger partial charge < -0.3 is 37.9 Å². The summed E-state index contributed by atoms with van der Waals surface area (Å²) < 4.78 is 92.8. The third-order valence-corrected chi connectivity index (χ3v) is 12.5. The first-order chi connectivity index (χ1) is 29.3. The van der Waals surface area contributed by atoms with Crippen molar-refractivity contribution >= 4 is 15.5 Å². The Balaban J connectivity index is 0.000000428. The summed E-state index contributed by atoms with van der Waals surface area (Å²) in [5.74, 6) is 1.59. The average molecular weight is 921 g/mol. The van der Waals surface area contributed by atoms with Gasteiger partial charge in [0, 0.05) is 64.7 Å². The van der Waals surface area contributed by atoms with Crippen molar-refractivity contribution in [1.82, 2.24) is 10.2 Å². The fourth-order valence-electron chi connectivity index (χ4n) is 5.77. The molecule has 1 saturated heterocycles. The molecule has 6 unspecified atom stereocenters. The number of ether oxygens (including phenoxy) is 8. The molecule has 1 fully saturated rings. The zero-order valence-electron chi connectivity index (χ0n) is 39.6. The summed E-state index contributed by atoms with van der Waals surface area (Å²) in [6, 6.07) is 15.1. The van der Waals surface area contributed by atoms with Gasteiger partial charge in [0.25, 0.3) is 0 Å². The first-order valence-corrected chi connectivity index (χ1v) is 24.6. The monoisotopic (exact) mass is 920 g/mol. The van der Waals surface area contributed by atoms with E-state index in [1.807, 2.05) is 111 Å². The van der Waals surface area contributed by atoms with Crippen LogP contribution in [0.5, 0.6) is 11.5 Å². The van der Waals surface area contributed by atoms with Gasteiger partial charge in [0.15, 0.2) is 12.6 Å². The third-order valence-electron chi connectivity index (χ3n) is 8.62. The van der Waals surface area contributed by atoms with Gasteiger partial charge in [-0.25, -0.2) is 19.3 Å². The van der Waals surface area contributed by atoms with Crippen molar-refractivity contribution in [2.45, 2.75) is 124 Å². The molecular formula is C44H78N2O14P2. The Labute approximate surface area is 372 Å². The van der Waals surface area contributed by atoms with Crippen molar-refractivity contribution in [2.75, 3.05) is 81.2 Å². The zero-order valence-corrected chi connectivity index (χ0v) is 41.4. The molecule has 0 aliphatic carbocycles. The van der Waals surface area contributed by atoms with Crippen molar-refractivity contribution in [2.24, 2.45) is 5.92 Å². The summed E-state index contributed by atoms with van der Waals surface area (Å²) in [7, 11) is -0.480. The molecule has 62 heavy (non-hydrogen) atoms. The van der Waals surface area contributed by atoms with E-state index in [4.69, 9.17) is 56.0 Å². The van der Waals surface area contributed by atoms with Crippen molar-refractivity contribution in [1.29, 1.82) is 0 Å². The van der Waals surface area contributed by atoms with E-state index in [9.17, 15) is 9.13 Å². The van der Waals surface area contributed by atoms with E-state index < -0.39 is 33.0 Å². The largest absolute Gasteiger partial charge is 0.497 e. The molecule has 3 rings (SSSR count). The maximum absolute atomic E-state index is 13.2. The lowest BCUT2D eigenvalue weighted by Gasteiger charge is -2.29. The molecule has 0 spiro atoms. The quantitative estimate of drug-likeness (QED) is 0.0449. The molecule has 1 aliphatic rings. The Morgan fingerprint density at radius 2 is 1.39 bits per heavy atom. The van der Waals surface area contributed by atoms with Crippen LogP contribution in [-0.4, -0.2) is 105 Å². The highest BCUT2D eigenvalue weighted by Gasteiger charge is 2.34. The topological polar surface area (TPSA) is 169 Å². The molecule has 0 saturated carbocycles. The lowest BCUT2D eigenvalue weighted by molar-refractivity contribution is -0.106. The van der Waals surface area contributed by atoms with Gasteiger partial charge in [-0.3, -0.25) is 18.1 Å². The summed E-state index contributed by atoms with van der Waals surface area (Å²) in [5.41, 5.74) is 0.662. The van der Waals surface area contributed by atoms with E-state index in [1.54, 1.807) is 28.4 Å². The molecule has 2 aromatic rings. The maximum Gasteiger partial charge on any atom is 0.406 e. The molecule has 358 valence electrons. The summed E-state index contributed by atoms with van der Waals surface area (Å²) in [6.45, 7) is 20.5. The first-order valence-electron chi connectivity index (χ1n) is 21.5. The predicted molar refractivity (Wildman–Crippen MR) is 241 cm³/mol. The normalized spacial score (nSPS) is 18.7. The number of hydrogen-bond donors (Lipinski definition) is 2. The van der Waals surface area contributed by atoms with Gasteiger partial charge in [0.05, 0.1) is 50.3 Å². The number of unbranched alkanes of at least 4 members (excludes halogenated alkanes) is 1. The highest BCUT2D eigenvalue weighted by Crippen LogP contribution is 2.49. The Morgan fingerprint density at radius 3 is 1.97 bits per heavy atom. The van der Waals surface area contributed by atoms with Crippen LogP contribution in [-0.2, 0) is 55.6 Å². The lowest BCUT2D eigenvalue weighted by Crippen LogP contribution is -2.28. The molecule has 2 N–H and O–H groups in total. The van der Waals surface area contributed by atoms with Crippen LogP contribution in [0.25, 0.3) is 0 Å². The van der Waals surface area contributed by atoms with Crippen LogP contribution in [0.4, 0.5) is 0 Å². The van der Waals surface area contributed by atoms with Gasteiger partial charge in [-0.15, -0.1) is 0 Å². The Bertz CT molecular complexity index is 1570. The van der Waals surface area contributed by atoms with E-state index in [-0.39, 0.29) is 31.0 Å². The van der Waals surface area contributed by atoms with Crippen LogP contribution in [0.3, 0.4) is 0 Å². The average Bonchev–Trinajstić information content (AvgIpc) is 3.69. The Hall–Kier alpha value is -1.98.